The lowest BCUT2D eigenvalue weighted by atomic mass is 9.84. The number of hydrogen-bond acceptors (Lipinski definition) is 4. The fraction of sp³-hybridized carbons (Fsp3) is 0.343. The van der Waals surface area contributed by atoms with Crippen LogP contribution >= 0.6 is 11.8 Å². The number of fused-ring (bicyclic) bond motifs is 1. The molecule has 1 aliphatic heterocycles. The number of benzene rings is 3. The first kappa shape index (κ1) is 28.3. The number of rotatable bonds is 7. The lowest BCUT2D eigenvalue weighted by Crippen LogP contribution is -2.19. The van der Waals surface area contributed by atoms with Crippen molar-refractivity contribution in [3.05, 3.63) is 83.4 Å². The molecule has 40 heavy (non-hydrogen) atoms. The molecule has 2 unspecified atom stereocenters. The molecule has 1 aromatic heterocycles. The van der Waals surface area contributed by atoms with Gasteiger partial charge in [0, 0.05) is 21.4 Å². The number of aromatic nitrogens is 1. The van der Waals surface area contributed by atoms with Gasteiger partial charge in [0.25, 0.3) is 0 Å². The third-order valence-electron chi connectivity index (χ3n) is 8.44. The average Bonchev–Trinajstić information content (AvgIpc) is 3.20. The molecular formula is C35H41N3OS. The number of H-pyrrole nitrogens is 1. The Balaban J connectivity index is 1.44. The molecule has 208 valence electrons. The van der Waals surface area contributed by atoms with Crippen molar-refractivity contribution in [1.29, 1.82) is 0 Å². The van der Waals surface area contributed by atoms with Gasteiger partial charge < -0.3 is 15.0 Å². The summed E-state index contributed by atoms with van der Waals surface area (Å²) in [5.74, 6) is 1.63. The lowest BCUT2D eigenvalue weighted by Gasteiger charge is -2.21. The predicted octanol–water partition coefficient (Wildman–Crippen LogP) is 8.96. The van der Waals surface area contributed by atoms with Crippen LogP contribution in [-0.2, 0) is 6.42 Å². The van der Waals surface area contributed by atoms with E-state index in [1.165, 1.54) is 47.5 Å². The minimum Gasteiger partial charge on any atom is -0.494 e. The van der Waals surface area contributed by atoms with Gasteiger partial charge in [0.2, 0.25) is 0 Å². The van der Waals surface area contributed by atoms with Gasteiger partial charge in [-0.05, 0) is 118 Å². The second-order valence-electron chi connectivity index (χ2n) is 11.2. The number of aliphatic imine (C=N–C) groups is 1. The van der Waals surface area contributed by atoms with Crippen LogP contribution in [0.4, 0.5) is 5.69 Å². The monoisotopic (exact) mass is 551 g/mol. The number of aromatic hydroxyl groups is 1. The molecule has 1 aliphatic rings. The first-order chi connectivity index (χ1) is 19.4. The van der Waals surface area contributed by atoms with Crippen molar-refractivity contribution in [2.75, 3.05) is 26.4 Å². The number of allylic oxidation sites excluding steroid dienone is 1. The maximum Gasteiger partial charge on any atom is 0.198 e. The Morgan fingerprint density at radius 3 is 2.62 bits per heavy atom. The van der Waals surface area contributed by atoms with Crippen LogP contribution in [0.1, 0.15) is 50.3 Å². The Bertz CT molecular complexity index is 1530. The average molecular weight is 552 g/mol. The van der Waals surface area contributed by atoms with Gasteiger partial charge in [0.1, 0.15) is 0 Å². The van der Waals surface area contributed by atoms with Gasteiger partial charge in [-0.3, -0.25) is 4.99 Å². The van der Waals surface area contributed by atoms with Gasteiger partial charge in [-0.2, -0.15) is 0 Å². The number of hydrogen-bond donors (Lipinski definition) is 2. The number of thioether (sulfide) groups is 1. The Labute approximate surface area is 243 Å². The highest BCUT2D eigenvalue weighted by Crippen LogP contribution is 2.38. The normalized spacial score (nSPS) is 19.0. The molecule has 2 heterocycles. The summed E-state index contributed by atoms with van der Waals surface area (Å²) in [6.07, 6.45) is 10.00. The molecule has 4 aromatic rings. The van der Waals surface area contributed by atoms with Gasteiger partial charge >= 0.3 is 0 Å². The minimum atomic E-state index is 0.157. The third kappa shape index (κ3) is 6.06. The van der Waals surface area contributed by atoms with Crippen molar-refractivity contribution in [3.8, 4) is 17.0 Å². The Morgan fingerprint density at radius 1 is 1.10 bits per heavy atom. The zero-order valence-corrected chi connectivity index (χ0v) is 25.2. The summed E-state index contributed by atoms with van der Waals surface area (Å²) < 4.78 is 0. The summed E-state index contributed by atoms with van der Waals surface area (Å²) in [5, 5.41) is 11.9. The molecule has 5 rings (SSSR count). The predicted molar refractivity (Wildman–Crippen MR) is 173 cm³/mol. The maximum atomic E-state index is 10.9. The van der Waals surface area contributed by atoms with E-state index in [0.717, 1.165) is 51.7 Å². The molecule has 4 nitrogen and oxygen atoms in total. The molecule has 0 saturated carbocycles. The summed E-state index contributed by atoms with van der Waals surface area (Å²) in [6, 6.07) is 21.5. The van der Waals surface area contributed by atoms with E-state index in [4.69, 9.17) is 4.99 Å². The van der Waals surface area contributed by atoms with Gasteiger partial charge in [-0.25, -0.2) is 0 Å². The molecule has 3 aromatic carbocycles. The van der Waals surface area contributed by atoms with E-state index in [-0.39, 0.29) is 5.88 Å². The Morgan fingerprint density at radius 2 is 1.88 bits per heavy atom. The molecule has 0 spiro atoms. The molecule has 2 N–H and O–H groups in total. The van der Waals surface area contributed by atoms with E-state index in [1.807, 2.05) is 13.8 Å². The van der Waals surface area contributed by atoms with Crippen molar-refractivity contribution in [2.24, 2.45) is 16.8 Å². The topological polar surface area (TPSA) is 51.6 Å². The molecule has 0 bridgehead atoms. The fourth-order valence-electron chi connectivity index (χ4n) is 6.05. The smallest absolute Gasteiger partial charge is 0.198 e. The second kappa shape index (κ2) is 12.5. The van der Waals surface area contributed by atoms with Crippen LogP contribution in [-0.4, -0.2) is 47.1 Å². The summed E-state index contributed by atoms with van der Waals surface area (Å²) in [7, 11) is 2.24. The molecule has 2 atom stereocenters. The molecule has 1 saturated heterocycles. The van der Waals surface area contributed by atoms with Crippen molar-refractivity contribution in [2.45, 2.75) is 44.9 Å². The van der Waals surface area contributed by atoms with Gasteiger partial charge in [0.15, 0.2) is 5.88 Å². The zero-order valence-electron chi connectivity index (χ0n) is 24.4. The summed E-state index contributed by atoms with van der Waals surface area (Å²) >= 11 is 1.75. The van der Waals surface area contributed by atoms with Crippen molar-refractivity contribution in [1.82, 2.24) is 9.88 Å². The Kier molecular flexibility index (Phi) is 8.82. The van der Waals surface area contributed by atoms with E-state index in [0.29, 0.717) is 0 Å². The molecule has 5 heteroatoms. The first-order valence-electron chi connectivity index (χ1n) is 14.4. The number of nitrogens with zero attached hydrogens (tertiary/aromatic N) is 2. The SMILES string of the molecule is C/C=C/c1cccc(SC)c1-c1ccc2[nH]c(O)c(C(C)=Nc3ccc(CC4CCN(C)CCC4C)cc3)c2c1. The van der Waals surface area contributed by atoms with Crippen LogP contribution in [0.3, 0.4) is 0 Å². The second-order valence-corrected chi connectivity index (χ2v) is 12.1. The first-order valence-corrected chi connectivity index (χ1v) is 15.6. The van der Waals surface area contributed by atoms with E-state index >= 15 is 0 Å². The van der Waals surface area contributed by atoms with Crippen LogP contribution in [0.5, 0.6) is 5.88 Å². The van der Waals surface area contributed by atoms with E-state index < -0.39 is 0 Å². The molecule has 1 fully saturated rings. The van der Waals surface area contributed by atoms with Crippen LogP contribution in [0, 0.1) is 11.8 Å². The maximum absolute atomic E-state index is 10.9. The molecular weight excluding hydrogens is 510 g/mol. The summed E-state index contributed by atoms with van der Waals surface area (Å²) in [4.78, 5) is 11.8. The zero-order chi connectivity index (χ0) is 28.2. The van der Waals surface area contributed by atoms with Gasteiger partial charge in [-0.15, -0.1) is 11.8 Å². The number of nitrogens with one attached hydrogen (secondary N) is 1. The van der Waals surface area contributed by atoms with Crippen LogP contribution in [0.25, 0.3) is 28.1 Å². The van der Waals surface area contributed by atoms with Crippen LogP contribution in [0.15, 0.2) is 76.6 Å². The van der Waals surface area contributed by atoms with E-state index in [1.54, 1.807) is 11.8 Å². The fourth-order valence-corrected chi connectivity index (χ4v) is 6.70. The lowest BCUT2D eigenvalue weighted by molar-refractivity contribution is 0.339. The summed E-state index contributed by atoms with van der Waals surface area (Å²) in [5.41, 5.74) is 8.25. The molecule has 0 amide bonds. The number of likely N-dealkylation sites (tertiary alicyclic amines) is 1. The highest BCUT2D eigenvalue weighted by molar-refractivity contribution is 7.98. The highest BCUT2D eigenvalue weighted by atomic mass is 32.2. The van der Waals surface area contributed by atoms with Gasteiger partial charge in [0.05, 0.1) is 17.0 Å². The summed E-state index contributed by atoms with van der Waals surface area (Å²) in [6.45, 7) is 8.82. The van der Waals surface area contributed by atoms with Crippen molar-refractivity contribution in [3.63, 3.8) is 0 Å². The third-order valence-corrected chi connectivity index (χ3v) is 9.22. The van der Waals surface area contributed by atoms with Crippen molar-refractivity contribution < 1.29 is 5.11 Å². The largest absolute Gasteiger partial charge is 0.494 e. The highest BCUT2D eigenvalue weighted by Gasteiger charge is 2.22. The van der Waals surface area contributed by atoms with E-state index in [9.17, 15) is 5.11 Å². The quantitative estimate of drug-likeness (QED) is 0.178. The number of aromatic amines is 1. The molecule has 0 aliphatic carbocycles. The van der Waals surface area contributed by atoms with E-state index in [2.05, 4.69) is 103 Å². The van der Waals surface area contributed by atoms with Gasteiger partial charge in [-0.1, -0.05) is 49.4 Å². The standard InChI is InChI=1S/C35H41N3OS/c1-6-8-26-9-7-10-32(40-5)34(26)28-13-16-31-30(22-28)33(35(39)37-31)24(3)36-29-14-11-25(12-15-29)21-27-18-20-38(4)19-17-23(27)2/h6-16,22-23,27,37,39H,17-21H2,1-5H3/b8-6+,36-24?. The van der Waals surface area contributed by atoms with Crippen molar-refractivity contribution >= 4 is 40.1 Å². The Hall–Kier alpha value is -3.28. The van der Waals surface area contributed by atoms with Crippen LogP contribution in [0.2, 0.25) is 0 Å². The minimum absolute atomic E-state index is 0.157. The molecule has 0 radical (unpaired) electrons. The van der Waals surface area contributed by atoms with Crippen LogP contribution < -0.4 is 0 Å².